The summed E-state index contributed by atoms with van der Waals surface area (Å²) in [6.45, 7) is 4.79. The summed E-state index contributed by atoms with van der Waals surface area (Å²) < 4.78 is 11.2. The fourth-order valence-electron chi connectivity index (χ4n) is 2.29. The van der Waals surface area contributed by atoms with Gasteiger partial charge in [-0.15, -0.1) is 0 Å². The number of furan rings is 1. The number of benzene rings is 2. The second-order valence-corrected chi connectivity index (χ2v) is 5.30. The van der Waals surface area contributed by atoms with Gasteiger partial charge in [0.15, 0.2) is 0 Å². The Morgan fingerprint density at radius 2 is 1.81 bits per heavy atom. The van der Waals surface area contributed by atoms with Gasteiger partial charge in [-0.05, 0) is 44.2 Å². The molecular weight excluding hydrogens is 262 g/mol. The van der Waals surface area contributed by atoms with Crippen LogP contribution in [0.3, 0.4) is 0 Å². The van der Waals surface area contributed by atoms with Crippen molar-refractivity contribution in [2.24, 2.45) is 0 Å². The first-order valence-corrected chi connectivity index (χ1v) is 7.18. The minimum atomic E-state index is 0.195. The number of ether oxygens (including phenoxy) is 1. The average molecular weight is 281 g/mol. The molecule has 0 amide bonds. The van der Waals surface area contributed by atoms with Crippen LogP contribution in [0.5, 0.6) is 5.75 Å². The van der Waals surface area contributed by atoms with E-state index in [0.717, 1.165) is 34.5 Å². The number of fused-ring (bicyclic) bond motifs is 1. The monoisotopic (exact) mass is 281 g/mol. The summed E-state index contributed by atoms with van der Waals surface area (Å²) in [7, 11) is 0. The second kappa shape index (κ2) is 5.92. The smallest absolute Gasteiger partial charge is 0.134 e. The molecule has 0 aliphatic carbocycles. The van der Waals surface area contributed by atoms with E-state index in [1.807, 2.05) is 62.6 Å². The lowest BCUT2D eigenvalue weighted by atomic mass is 10.2. The van der Waals surface area contributed by atoms with Crippen molar-refractivity contribution < 1.29 is 9.15 Å². The second-order valence-electron chi connectivity index (χ2n) is 5.30. The molecule has 0 saturated heterocycles. The van der Waals surface area contributed by atoms with Crippen molar-refractivity contribution in [2.45, 2.75) is 26.5 Å². The first-order valence-electron chi connectivity index (χ1n) is 7.18. The standard InChI is InChI=1S/C18H19NO2/c1-13(2)21-16-9-7-15(8-10-16)19-11-14-12-20-18-6-4-3-5-17(14)18/h3-10,12-13,19H,11H2,1-2H3. The average Bonchev–Trinajstić information content (AvgIpc) is 2.89. The SMILES string of the molecule is CC(C)Oc1ccc(NCc2coc3ccccc23)cc1. The summed E-state index contributed by atoms with van der Waals surface area (Å²) in [5.41, 5.74) is 3.15. The highest BCUT2D eigenvalue weighted by Crippen LogP contribution is 2.22. The molecule has 0 spiro atoms. The predicted octanol–water partition coefficient (Wildman–Crippen LogP) is 4.83. The van der Waals surface area contributed by atoms with Crippen LogP contribution in [0, 0.1) is 0 Å². The lowest BCUT2D eigenvalue weighted by Gasteiger charge is -2.10. The molecule has 2 aromatic carbocycles. The fourth-order valence-corrected chi connectivity index (χ4v) is 2.29. The zero-order valence-electron chi connectivity index (χ0n) is 12.3. The van der Waals surface area contributed by atoms with E-state index >= 15 is 0 Å². The highest BCUT2D eigenvalue weighted by molar-refractivity contribution is 5.81. The highest BCUT2D eigenvalue weighted by Gasteiger charge is 2.04. The molecule has 3 heteroatoms. The topological polar surface area (TPSA) is 34.4 Å². The number of hydrogen-bond donors (Lipinski definition) is 1. The Morgan fingerprint density at radius 3 is 2.57 bits per heavy atom. The Morgan fingerprint density at radius 1 is 1.05 bits per heavy atom. The van der Waals surface area contributed by atoms with Crippen LogP contribution < -0.4 is 10.1 Å². The van der Waals surface area contributed by atoms with E-state index in [1.54, 1.807) is 0 Å². The summed E-state index contributed by atoms with van der Waals surface area (Å²) >= 11 is 0. The van der Waals surface area contributed by atoms with Crippen LogP contribution >= 0.6 is 0 Å². The molecule has 0 radical (unpaired) electrons. The van der Waals surface area contributed by atoms with Gasteiger partial charge < -0.3 is 14.5 Å². The third kappa shape index (κ3) is 3.19. The summed E-state index contributed by atoms with van der Waals surface area (Å²) in [6, 6.07) is 16.1. The maximum absolute atomic E-state index is 5.63. The molecule has 21 heavy (non-hydrogen) atoms. The Labute approximate surface area is 124 Å². The molecule has 108 valence electrons. The quantitative estimate of drug-likeness (QED) is 0.727. The third-order valence-corrected chi connectivity index (χ3v) is 3.27. The maximum atomic E-state index is 5.63. The lowest BCUT2D eigenvalue weighted by molar-refractivity contribution is 0.242. The number of hydrogen-bond acceptors (Lipinski definition) is 3. The molecule has 0 atom stereocenters. The van der Waals surface area contributed by atoms with Crippen LogP contribution in [0.15, 0.2) is 59.2 Å². The van der Waals surface area contributed by atoms with E-state index in [0.29, 0.717) is 0 Å². The minimum absolute atomic E-state index is 0.195. The van der Waals surface area contributed by atoms with E-state index in [4.69, 9.17) is 9.15 Å². The van der Waals surface area contributed by atoms with Gasteiger partial charge in [0.05, 0.1) is 12.4 Å². The van der Waals surface area contributed by atoms with Gasteiger partial charge in [0.2, 0.25) is 0 Å². The Balaban J connectivity index is 1.67. The van der Waals surface area contributed by atoms with Gasteiger partial charge in [0.1, 0.15) is 11.3 Å². The van der Waals surface area contributed by atoms with Gasteiger partial charge in [0, 0.05) is 23.2 Å². The lowest BCUT2D eigenvalue weighted by Crippen LogP contribution is -2.05. The number of nitrogens with one attached hydrogen (secondary N) is 1. The first kappa shape index (κ1) is 13.6. The third-order valence-electron chi connectivity index (χ3n) is 3.27. The maximum Gasteiger partial charge on any atom is 0.134 e. The molecular formula is C18H19NO2. The van der Waals surface area contributed by atoms with Crippen molar-refractivity contribution in [3.8, 4) is 5.75 Å². The largest absolute Gasteiger partial charge is 0.491 e. The van der Waals surface area contributed by atoms with Crippen LogP contribution in [0.2, 0.25) is 0 Å². The van der Waals surface area contributed by atoms with Crippen LogP contribution in [-0.2, 0) is 6.54 Å². The molecule has 3 rings (SSSR count). The van der Waals surface area contributed by atoms with Crippen molar-refractivity contribution in [2.75, 3.05) is 5.32 Å². The van der Waals surface area contributed by atoms with Gasteiger partial charge in [-0.25, -0.2) is 0 Å². The molecule has 0 unspecified atom stereocenters. The number of para-hydroxylation sites is 1. The van der Waals surface area contributed by atoms with Crippen molar-refractivity contribution in [1.29, 1.82) is 0 Å². The molecule has 0 fully saturated rings. The molecule has 0 bridgehead atoms. The molecule has 3 nitrogen and oxygen atoms in total. The molecule has 0 saturated carbocycles. The Bertz CT molecular complexity index is 713. The summed E-state index contributed by atoms with van der Waals surface area (Å²) in [4.78, 5) is 0. The van der Waals surface area contributed by atoms with Crippen LogP contribution in [0.4, 0.5) is 5.69 Å². The van der Waals surface area contributed by atoms with Gasteiger partial charge in [-0.2, -0.15) is 0 Å². The summed E-state index contributed by atoms with van der Waals surface area (Å²) in [6.07, 6.45) is 2.01. The summed E-state index contributed by atoms with van der Waals surface area (Å²) in [5.74, 6) is 0.893. The van der Waals surface area contributed by atoms with E-state index < -0.39 is 0 Å². The zero-order valence-corrected chi connectivity index (χ0v) is 12.3. The summed E-state index contributed by atoms with van der Waals surface area (Å²) in [5, 5.41) is 4.56. The number of rotatable bonds is 5. The van der Waals surface area contributed by atoms with E-state index in [2.05, 4.69) is 11.4 Å². The molecule has 0 aliphatic rings. The minimum Gasteiger partial charge on any atom is -0.491 e. The Kier molecular flexibility index (Phi) is 3.82. The fraction of sp³-hybridized carbons (Fsp3) is 0.222. The molecule has 1 aromatic heterocycles. The first-order chi connectivity index (χ1) is 10.2. The molecule has 1 heterocycles. The van der Waals surface area contributed by atoms with Crippen molar-refractivity contribution in [3.63, 3.8) is 0 Å². The van der Waals surface area contributed by atoms with E-state index in [1.165, 1.54) is 0 Å². The van der Waals surface area contributed by atoms with Crippen molar-refractivity contribution in [1.82, 2.24) is 0 Å². The van der Waals surface area contributed by atoms with Crippen molar-refractivity contribution in [3.05, 3.63) is 60.4 Å². The number of anilines is 1. The Hall–Kier alpha value is -2.42. The molecule has 0 aliphatic heterocycles. The van der Waals surface area contributed by atoms with E-state index in [9.17, 15) is 0 Å². The van der Waals surface area contributed by atoms with Gasteiger partial charge in [-0.3, -0.25) is 0 Å². The predicted molar refractivity (Wildman–Crippen MR) is 85.7 cm³/mol. The highest BCUT2D eigenvalue weighted by atomic mass is 16.5. The van der Waals surface area contributed by atoms with Gasteiger partial charge in [0.25, 0.3) is 0 Å². The molecule has 3 aromatic rings. The van der Waals surface area contributed by atoms with Gasteiger partial charge >= 0.3 is 0 Å². The van der Waals surface area contributed by atoms with Crippen LogP contribution in [-0.4, -0.2) is 6.10 Å². The van der Waals surface area contributed by atoms with Crippen LogP contribution in [0.1, 0.15) is 19.4 Å². The molecule has 1 N–H and O–H groups in total. The normalized spacial score (nSPS) is 11.0. The van der Waals surface area contributed by atoms with E-state index in [-0.39, 0.29) is 6.10 Å². The van der Waals surface area contributed by atoms with Crippen molar-refractivity contribution >= 4 is 16.7 Å². The zero-order chi connectivity index (χ0) is 14.7. The van der Waals surface area contributed by atoms with Gasteiger partial charge in [-0.1, -0.05) is 18.2 Å². The van der Waals surface area contributed by atoms with Crippen LogP contribution in [0.25, 0.3) is 11.0 Å².